The van der Waals surface area contributed by atoms with Crippen LogP contribution in [0.25, 0.3) is 0 Å². The van der Waals surface area contributed by atoms with Gasteiger partial charge in [-0.25, -0.2) is 9.98 Å². The number of unbranched alkanes of at least 4 members (excludes halogenated alkanes) is 3. The van der Waals surface area contributed by atoms with Crippen molar-refractivity contribution >= 4 is 76.3 Å². The van der Waals surface area contributed by atoms with Gasteiger partial charge in [0.25, 0.3) is 30.4 Å². The number of aliphatic imine (C=N–C) groups is 1. The lowest BCUT2D eigenvalue weighted by molar-refractivity contribution is 0.0980. The van der Waals surface area contributed by atoms with Crippen LogP contribution in [0.4, 0.5) is 28.4 Å². The molecule has 0 unspecified atom stereocenters. The van der Waals surface area contributed by atoms with Gasteiger partial charge in [-0.3, -0.25) is 48.2 Å². The van der Waals surface area contributed by atoms with Crippen LogP contribution in [0.1, 0.15) is 64.4 Å². The number of aromatic amines is 3. The molecule has 0 spiro atoms. The molecule has 1 aliphatic rings. The Morgan fingerprint density at radius 2 is 1.19 bits per heavy atom. The van der Waals surface area contributed by atoms with Gasteiger partial charge in [-0.15, -0.1) is 0 Å². The third-order valence-corrected chi connectivity index (χ3v) is 12.0. The molecule has 0 aliphatic heterocycles. The molecule has 1 aliphatic carbocycles. The van der Waals surface area contributed by atoms with Crippen molar-refractivity contribution in [1.82, 2.24) is 15.0 Å². The Morgan fingerprint density at radius 3 is 1.78 bits per heavy atom. The number of rotatable bonds is 15. The van der Waals surface area contributed by atoms with Crippen molar-refractivity contribution in [3.63, 3.8) is 0 Å². The highest BCUT2D eigenvalue weighted by Gasteiger charge is 2.36. The number of ketones is 2. The smallest absolute Gasteiger partial charge is 0.296 e. The molecule has 0 bridgehead atoms. The number of fused-ring (bicyclic) bond motifs is 2. The minimum absolute atomic E-state index is 0.0295. The van der Waals surface area contributed by atoms with Crippen molar-refractivity contribution in [1.29, 1.82) is 0 Å². The summed E-state index contributed by atoms with van der Waals surface area (Å²) in [5, 5.41) is 12.4. The van der Waals surface area contributed by atoms with Crippen molar-refractivity contribution < 1.29 is 53.6 Å². The first-order chi connectivity index (χ1) is 29.6. The van der Waals surface area contributed by atoms with Gasteiger partial charge in [0.2, 0.25) is 22.8 Å². The molecule has 4 aromatic carbocycles. The number of hydrogen-bond acceptors (Lipinski definition) is 14. The lowest BCUT2D eigenvalue weighted by Crippen LogP contribution is -2.37. The maximum atomic E-state index is 13.8. The van der Waals surface area contributed by atoms with Crippen LogP contribution in [0.2, 0.25) is 0 Å². The summed E-state index contributed by atoms with van der Waals surface area (Å²) in [6.07, 6.45) is 2.78. The van der Waals surface area contributed by atoms with E-state index in [1.165, 1.54) is 48.5 Å². The third-order valence-electron chi connectivity index (χ3n) is 9.29. The number of benzene rings is 4. The highest BCUT2D eigenvalue weighted by atomic mass is 32.2. The average Bonchev–Trinajstić information content (AvgIpc) is 3.20. The van der Waals surface area contributed by atoms with Crippen LogP contribution in [-0.4, -0.2) is 89.5 Å². The van der Waals surface area contributed by atoms with E-state index >= 15 is 0 Å². The molecular formula is C39H39N9O12S3. The van der Waals surface area contributed by atoms with Crippen LogP contribution in [0.3, 0.4) is 0 Å². The van der Waals surface area contributed by atoms with Gasteiger partial charge >= 0.3 is 0 Å². The molecule has 1 aromatic heterocycles. The number of carbonyl (C=O) groups excluding carboxylic acids is 2. The topological polar surface area (TPSA) is 352 Å². The van der Waals surface area contributed by atoms with E-state index < -0.39 is 73.5 Å². The standard InChI is InChI=1S/C39H39N9O12S3/c1-21(2)36(51)41-17-9-3-4-10-18-42-37-46-38(44-25-13-7-8-14-28(25)61(52,53)54)48-39(47-37)45-26-16-15-22(19-29(26)62(55,56)57)43-27-20-30(63(58,59)60)33(40)32-31(27)34(49)23-11-5-6-12-24(23)35(32)50/h5-8,11-16,19-20,43H,1,3-4,9-10,17-18,40H2,2H3,(H,41,51)(H,52,53,54)(H,55,56,57)(H,58,59,60)(H3,42,44,45,46,47,48). The number of nitrogens with two attached hydrogens (primary N) is 1. The predicted molar refractivity (Wildman–Crippen MR) is 228 cm³/mol. The molecule has 6 rings (SSSR count). The maximum absolute atomic E-state index is 13.8. The first-order valence-electron chi connectivity index (χ1n) is 18.6. The minimum Gasteiger partial charge on any atom is -0.493 e. The molecule has 5 aromatic rings. The fraction of sp³-hybridized carbons (Fsp3) is 0.179. The number of hydrogen-bond donors (Lipinski definition) is 9. The highest BCUT2D eigenvalue weighted by Crippen LogP contribution is 2.40. The lowest BCUT2D eigenvalue weighted by atomic mass is 9.82. The lowest BCUT2D eigenvalue weighted by Gasteiger charge is -2.23. The summed E-state index contributed by atoms with van der Waals surface area (Å²) in [5.74, 6) is -1.66. The Morgan fingerprint density at radius 1 is 0.667 bits per heavy atom. The second kappa shape index (κ2) is 18.3. The molecule has 0 saturated heterocycles. The van der Waals surface area contributed by atoms with Crippen molar-refractivity contribution in [2.45, 2.75) is 47.3 Å². The molecule has 0 amide bonds. The Hall–Kier alpha value is -6.83. The van der Waals surface area contributed by atoms with E-state index in [1.54, 1.807) is 6.92 Å². The van der Waals surface area contributed by atoms with E-state index in [2.05, 4.69) is 46.8 Å². The summed E-state index contributed by atoms with van der Waals surface area (Å²) in [4.78, 5) is 50.6. The van der Waals surface area contributed by atoms with Crippen molar-refractivity contribution in [3.8, 4) is 0 Å². The number of nitrogens with one attached hydrogen (secondary N) is 4. The zero-order chi connectivity index (χ0) is 45.9. The second-order valence-electron chi connectivity index (χ2n) is 13.9. The van der Waals surface area contributed by atoms with Crippen LogP contribution in [0.5, 0.6) is 0 Å². The molecule has 63 heavy (non-hydrogen) atoms. The number of para-hydroxylation sites is 1. The van der Waals surface area contributed by atoms with Gasteiger partial charge in [-0.2, -0.15) is 25.3 Å². The van der Waals surface area contributed by atoms with Gasteiger partial charge in [0.1, 0.15) is 14.7 Å². The van der Waals surface area contributed by atoms with Crippen molar-refractivity contribution in [2.24, 2.45) is 20.0 Å². The van der Waals surface area contributed by atoms with E-state index in [0.29, 0.717) is 25.0 Å². The van der Waals surface area contributed by atoms with E-state index in [1.807, 2.05) is 0 Å². The van der Waals surface area contributed by atoms with E-state index in [9.17, 15) is 53.6 Å². The normalized spacial score (nSPS) is 14.2. The molecule has 0 radical (unpaired) electrons. The summed E-state index contributed by atoms with van der Waals surface area (Å²) in [6.45, 7) is 5.92. The fourth-order valence-corrected chi connectivity index (χ4v) is 8.30. The summed E-state index contributed by atoms with van der Waals surface area (Å²) < 4.78 is 105. The van der Waals surface area contributed by atoms with Gasteiger partial charge < -0.3 is 16.2 Å². The molecule has 0 atom stereocenters. The van der Waals surface area contributed by atoms with Crippen LogP contribution in [0.15, 0.2) is 120 Å². The van der Waals surface area contributed by atoms with E-state index in [0.717, 1.165) is 37.1 Å². The number of nitrogen functional groups attached to an aromatic ring is 1. The van der Waals surface area contributed by atoms with Crippen LogP contribution in [-0.2, 0) is 30.4 Å². The molecule has 1 heterocycles. The van der Waals surface area contributed by atoms with Gasteiger partial charge in [-0.05, 0) is 56.2 Å². The number of aromatic nitrogens is 3. The Balaban J connectivity index is 1.42. The molecule has 0 fully saturated rings. The Kier molecular flexibility index (Phi) is 13.2. The van der Waals surface area contributed by atoms with Gasteiger partial charge in [0.05, 0.1) is 33.9 Å². The quantitative estimate of drug-likeness (QED) is 0.0231. The second-order valence-corrected chi connectivity index (χ2v) is 18.1. The van der Waals surface area contributed by atoms with Gasteiger partial charge in [0, 0.05) is 35.5 Å². The zero-order valence-electron chi connectivity index (χ0n) is 33.0. The Labute approximate surface area is 358 Å². The molecule has 24 heteroatoms. The van der Waals surface area contributed by atoms with Crippen LogP contribution >= 0.6 is 0 Å². The minimum atomic E-state index is -5.12. The molecule has 21 nitrogen and oxygen atoms in total. The van der Waals surface area contributed by atoms with Crippen molar-refractivity contribution in [3.05, 3.63) is 124 Å². The summed E-state index contributed by atoms with van der Waals surface area (Å²) in [7, 11) is -14.9. The Bertz CT molecular complexity index is 3300. The van der Waals surface area contributed by atoms with E-state index in [4.69, 9.17) is 5.73 Å². The predicted octanol–water partition coefficient (Wildman–Crippen LogP) is 3.97. The van der Waals surface area contributed by atoms with Crippen molar-refractivity contribution in [2.75, 3.05) is 24.1 Å². The van der Waals surface area contributed by atoms with E-state index in [-0.39, 0.29) is 63.0 Å². The monoisotopic (exact) mass is 921 g/mol. The average molecular weight is 922 g/mol. The summed E-state index contributed by atoms with van der Waals surface area (Å²) in [5.41, 5.74) is 3.35. The number of nitrogens with zero attached hydrogens (tertiary/aromatic N) is 4. The highest BCUT2D eigenvalue weighted by molar-refractivity contribution is 7.86. The first kappa shape index (κ1) is 45.7. The zero-order valence-corrected chi connectivity index (χ0v) is 35.5. The number of aliphatic hydroxyl groups excluding tert-OH is 1. The third kappa shape index (κ3) is 10.6. The maximum Gasteiger partial charge on any atom is 0.296 e. The SMILES string of the molecule is C=C(C)C(O)=NCCCCCCN=c1[nH]c(=Nc2ccccc2S(=O)(=O)O)[nH]c(=Nc2ccc(Nc3cc(S(=O)(=O)O)c(N)c4c3C(=O)c3ccccc3C4=O)cc2S(=O)(=O)O)[nH]1. The summed E-state index contributed by atoms with van der Waals surface area (Å²) >= 11 is 0. The largest absolute Gasteiger partial charge is 0.493 e. The van der Waals surface area contributed by atoms with Gasteiger partial charge in [0.15, 0.2) is 11.6 Å². The molecule has 10 N–H and O–H groups in total. The molecule has 0 saturated carbocycles. The van der Waals surface area contributed by atoms with Crippen LogP contribution < -0.4 is 27.9 Å². The molecular weight excluding hydrogens is 883 g/mol. The number of H-pyrrole nitrogens is 3. The first-order valence-corrected chi connectivity index (χ1v) is 22.9. The summed E-state index contributed by atoms with van der Waals surface area (Å²) in [6, 6.07) is 15.0. The van der Waals surface area contributed by atoms with Crippen LogP contribution in [0, 0.1) is 0 Å². The molecule has 330 valence electrons. The number of anilines is 3. The van der Waals surface area contributed by atoms with Gasteiger partial charge in [-0.1, -0.05) is 55.8 Å². The number of aliphatic hydroxyl groups is 1. The number of carbonyl (C=O) groups is 2. The fourth-order valence-electron chi connectivity index (χ4n) is 6.37.